The maximum Gasteiger partial charge on any atom is 0.407 e. The highest BCUT2D eigenvalue weighted by Crippen LogP contribution is 2.34. The molecule has 0 saturated heterocycles. The van der Waals surface area contributed by atoms with Gasteiger partial charge in [-0.15, -0.1) is 0 Å². The fraction of sp³-hybridized carbons (Fsp3) is 0.900. The summed E-state index contributed by atoms with van der Waals surface area (Å²) in [4.78, 5) is 11.3. The van der Waals surface area contributed by atoms with Crippen LogP contribution in [-0.4, -0.2) is 29.4 Å². The lowest BCUT2D eigenvalue weighted by Gasteiger charge is -2.22. The fourth-order valence-electron chi connectivity index (χ4n) is 1.22. The minimum absolute atomic E-state index is 0.0811. The van der Waals surface area contributed by atoms with Crippen molar-refractivity contribution in [2.75, 3.05) is 6.61 Å². The van der Waals surface area contributed by atoms with Crippen molar-refractivity contribution >= 4 is 6.09 Å². The standard InChI is InChI=1S/C10H19NO3/c1-10(2,3)11-9(13)14-8(6-12)7-4-5-7/h7-8,12H,4-6H2,1-3H3,(H,11,13). The van der Waals surface area contributed by atoms with Gasteiger partial charge in [-0.2, -0.15) is 0 Å². The Balaban J connectivity index is 2.31. The molecule has 0 aromatic rings. The van der Waals surface area contributed by atoms with Gasteiger partial charge >= 0.3 is 6.09 Å². The summed E-state index contributed by atoms with van der Waals surface area (Å²) in [6, 6.07) is 0. The van der Waals surface area contributed by atoms with Crippen molar-refractivity contribution in [1.29, 1.82) is 0 Å². The Labute approximate surface area is 84.6 Å². The number of carbonyl (C=O) groups excluding carboxylic acids is 1. The van der Waals surface area contributed by atoms with Gasteiger partial charge in [0.05, 0.1) is 6.61 Å². The molecule has 0 aromatic heterocycles. The second-order valence-corrected chi connectivity index (χ2v) is 4.84. The first-order valence-electron chi connectivity index (χ1n) is 5.02. The summed E-state index contributed by atoms with van der Waals surface area (Å²) in [5, 5.41) is 11.7. The SMILES string of the molecule is CC(C)(C)NC(=O)OC(CO)C1CC1. The van der Waals surface area contributed by atoms with Gasteiger partial charge in [-0.25, -0.2) is 4.79 Å². The van der Waals surface area contributed by atoms with Gasteiger partial charge in [-0.1, -0.05) is 0 Å². The summed E-state index contributed by atoms with van der Waals surface area (Å²) in [7, 11) is 0. The number of carbonyl (C=O) groups is 1. The second kappa shape index (κ2) is 4.17. The molecule has 0 heterocycles. The van der Waals surface area contributed by atoms with Crippen LogP contribution in [0.25, 0.3) is 0 Å². The third kappa shape index (κ3) is 3.96. The third-order valence-corrected chi connectivity index (χ3v) is 2.06. The molecular weight excluding hydrogens is 182 g/mol. The van der Waals surface area contributed by atoms with Gasteiger partial charge < -0.3 is 15.2 Å². The van der Waals surface area contributed by atoms with Crippen molar-refractivity contribution < 1.29 is 14.6 Å². The van der Waals surface area contributed by atoms with Crippen LogP contribution in [0.5, 0.6) is 0 Å². The molecule has 82 valence electrons. The van der Waals surface area contributed by atoms with Gasteiger partial charge in [-0.3, -0.25) is 0 Å². The molecule has 4 heteroatoms. The van der Waals surface area contributed by atoms with E-state index in [1.807, 2.05) is 20.8 Å². The van der Waals surface area contributed by atoms with Gasteiger partial charge in [0.2, 0.25) is 0 Å². The number of alkyl carbamates (subject to hydrolysis) is 1. The third-order valence-electron chi connectivity index (χ3n) is 2.06. The monoisotopic (exact) mass is 201 g/mol. The van der Waals surface area contributed by atoms with Crippen molar-refractivity contribution in [2.24, 2.45) is 5.92 Å². The van der Waals surface area contributed by atoms with E-state index >= 15 is 0 Å². The van der Waals surface area contributed by atoms with E-state index in [1.165, 1.54) is 0 Å². The Morgan fingerprint density at radius 3 is 2.50 bits per heavy atom. The summed E-state index contributed by atoms with van der Waals surface area (Å²) >= 11 is 0. The van der Waals surface area contributed by atoms with Crippen LogP contribution >= 0.6 is 0 Å². The highest BCUT2D eigenvalue weighted by molar-refractivity contribution is 5.68. The number of amides is 1. The molecule has 2 N–H and O–H groups in total. The first-order chi connectivity index (χ1) is 6.42. The zero-order chi connectivity index (χ0) is 10.8. The molecule has 1 fully saturated rings. The van der Waals surface area contributed by atoms with Crippen LogP contribution in [0.15, 0.2) is 0 Å². The number of ether oxygens (including phenoxy) is 1. The van der Waals surface area contributed by atoms with Crippen LogP contribution in [0.1, 0.15) is 33.6 Å². The second-order valence-electron chi connectivity index (χ2n) is 4.84. The lowest BCUT2D eigenvalue weighted by Crippen LogP contribution is -2.43. The van der Waals surface area contributed by atoms with Crippen LogP contribution < -0.4 is 5.32 Å². The smallest absolute Gasteiger partial charge is 0.407 e. The molecule has 1 aliphatic rings. The van der Waals surface area contributed by atoms with Gasteiger partial charge in [-0.05, 0) is 39.5 Å². The predicted octanol–water partition coefficient (Wildman–Crippen LogP) is 1.28. The summed E-state index contributed by atoms with van der Waals surface area (Å²) in [6.07, 6.45) is 1.34. The van der Waals surface area contributed by atoms with E-state index in [1.54, 1.807) is 0 Å². The molecule has 0 spiro atoms. The van der Waals surface area contributed by atoms with Gasteiger partial charge in [0.25, 0.3) is 0 Å². The molecule has 0 aliphatic heterocycles. The van der Waals surface area contributed by atoms with Crippen molar-refractivity contribution in [2.45, 2.75) is 45.3 Å². The van der Waals surface area contributed by atoms with Crippen LogP contribution in [-0.2, 0) is 4.74 Å². The Hall–Kier alpha value is -0.770. The zero-order valence-electron chi connectivity index (χ0n) is 9.04. The molecule has 1 unspecified atom stereocenters. The van der Waals surface area contributed by atoms with E-state index in [2.05, 4.69) is 5.32 Å². The Bertz CT molecular complexity index is 206. The fourth-order valence-corrected chi connectivity index (χ4v) is 1.22. The molecular formula is C10H19NO3. The Morgan fingerprint density at radius 2 is 2.14 bits per heavy atom. The highest BCUT2D eigenvalue weighted by Gasteiger charge is 2.34. The average Bonchev–Trinajstić information content (AvgIpc) is 2.78. The minimum atomic E-state index is -0.441. The van der Waals surface area contributed by atoms with Crippen molar-refractivity contribution in [3.63, 3.8) is 0 Å². The van der Waals surface area contributed by atoms with Gasteiger partial charge in [0.15, 0.2) is 0 Å². The first kappa shape index (κ1) is 11.3. The molecule has 0 bridgehead atoms. The molecule has 1 saturated carbocycles. The van der Waals surface area contributed by atoms with Crippen molar-refractivity contribution in [1.82, 2.24) is 5.32 Å². The number of rotatable bonds is 3. The summed E-state index contributed by atoms with van der Waals surface area (Å²) in [5.41, 5.74) is -0.291. The van der Waals surface area contributed by atoms with E-state index in [-0.39, 0.29) is 18.2 Å². The number of hydrogen-bond donors (Lipinski definition) is 2. The predicted molar refractivity (Wildman–Crippen MR) is 53.0 cm³/mol. The molecule has 0 aromatic carbocycles. The van der Waals surface area contributed by atoms with Crippen molar-refractivity contribution in [3.8, 4) is 0 Å². The van der Waals surface area contributed by atoms with E-state index in [4.69, 9.17) is 9.84 Å². The molecule has 0 radical (unpaired) electrons. The summed E-state index contributed by atoms with van der Waals surface area (Å²) in [5.74, 6) is 0.366. The number of hydrogen-bond acceptors (Lipinski definition) is 3. The molecule has 14 heavy (non-hydrogen) atoms. The number of nitrogens with one attached hydrogen (secondary N) is 1. The topological polar surface area (TPSA) is 58.6 Å². The quantitative estimate of drug-likeness (QED) is 0.723. The highest BCUT2D eigenvalue weighted by atomic mass is 16.6. The number of aliphatic hydroxyl groups excluding tert-OH is 1. The maximum atomic E-state index is 11.3. The van der Waals surface area contributed by atoms with Crippen LogP contribution in [0.3, 0.4) is 0 Å². The van der Waals surface area contributed by atoms with E-state index in [0.717, 1.165) is 12.8 Å². The Kier molecular flexibility index (Phi) is 3.37. The molecule has 1 atom stereocenters. The van der Waals surface area contributed by atoms with Crippen molar-refractivity contribution in [3.05, 3.63) is 0 Å². The van der Waals surface area contributed by atoms with Crippen LogP contribution in [0, 0.1) is 5.92 Å². The summed E-state index contributed by atoms with van der Waals surface area (Å²) < 4.78 is 5.10. The van der Waals surface area contributed by atoms with Crippen LogP contribution in [0.4, 0.5) is 4.79 Å². The lowest BCUT2D eigenvalue weighted by atomic mass is 10.1. The normalized spacial score (nSPS) is 18.9. The number of aliphatic hydroxyl groups is 1. The van der Waals surface area contributed by atoms with E-state index in [9.17, 15) is 4.79 Å². The van der Waals surface area contributed by atoms with E-state index in [0.29, 0.717) is 5.92 Å². The largest absolute Gasteiger partial charge is 0.443 e. The van der Waals surface area contributed by atoms with Crippen LogP contribution in [0.2, 0.25) is 0 Å². The van der Waals surface area contributed by atoms with E-state index < -0.39 is 6.09 Å². The molecule has 1 aliphatic carbocycles. The molecule has 1 amide bonds. The van der Waals surface area contributed by atoms with Gasteiger partial charge in [0.1, 0.15) is 6.10 Å². The maximum absolute atomic E-state index is 11.3. The molecule has 1 rings (SSSR count). The zero-order valence-corrected chi connectivity index (χ0v) is 9.04. The summed E-state index contributed by atoms with van der Waals surface area (Å²) in [6.45, 7) is 5.58. The first-order valence-corrected chi connectivity index (χ1v) is 5.02. The average molecular weight is 201 g/mol. The van der Waals surface area contributed by atoms with Gasteiger partial charge in [0, 0.05) is 5.54 Å². The molecule has 4 nitrogen and oxygen atoms in total. The Morgan fingerprint density at radius 1 is 1.57 bits per heavy atom. The minimum Gasteiger partial charge on any atom is -0.443 e. The lowest BCUT2D eigenvalue weighted by molar-refractivity contribution is 0.0414.